The van der Waals surface area contributed by atoms with Crippen LogP contribution in [0.15, 0.2) is 18.5 Å². The Balaban J connectivity index is 2.12. The van der Waals surface area contributed by atoms with E-state index in [9.17, 15) is 4.79 Å². The van der Waals surface area contributed by atoms with Gasteiger partial charge in [0.25, 0.3) is 0 Å². The van der Waals surface area contributed by atoms with Gasteiger partial charge in [-0.3, -0.25) is 9.48 Å². The number of carbonyl (C=O) groups excluding carboxylic acids is 1. The molecule has 0 saturated carbocycles. The summed E-state index contributed by atoms with van der Waals surface area (Å²) in [6.07, 6.45) is 5.63. The standard InChI is InChI=1S/C13H24N4O/c1-4-11(2)16-13(18)12(3)14-7-5-9-17-10-6-8-15-17/h6,8,10-12,14H,4-5,7,9H2,1-3H3,(H,16,18). The van der Waals surface area contributed by atoms with E-state index in [0.717, 1.165) is 25.9 Å². The maximum absolute atomic E-state index is 11.7. The fourth-order valence-corrected chi connectivity index (χ4v) is 1.55. The van der Waals surface area contributed by atoms with Gasteiger partial charge in [0.05, 0.1) is 6.04 Å². The van der Waals surface area contributed by atoms with Crippen molar-refractivity contribution in [1.29, 1.82) is 0 Å². The maximum atomic E-state index is 11.7. The number of hydrogen-bond donors (Lipinski definition) is 2. The highest BCUT2D eigenvalue weighted by Gasteiger charge is 2.13. The number of amides is 1. The third-order valence-corrected chi connectivity index (χ3v) is 2.97. The summed E-state index contributed by atoms with van der Waals surface area (Å²) in [6.45, 7) is 7.66. The van der Waals surface area contributed by atoms with E-state index in [2.05, 4.69) is 22.7 Å². The van der Waals surface area contributed by atoms with E-state index in [4.69, 9.17) is 0 Å². The molecule has 0 saturated heterocycles. The fourth-order valence-electron chi connectivity index (χ4n) is 1.55. The Hall–Kier alpha value is -1.36. The van der Waals surface area contributed by atoms with Gasteiger partial charge in [0.1, 0.15) is 0 Å². The smallest absolute Gasteiger partial charge is 0.237 e. The Morgan fingerprint density at radius 1 is 1.44 bits per heavy atom. The van der Waals surface area contributed by atoms with Crippen molar-refractivity contribution < 1.29 is 4.79 Å². The zero-order valence-corrected chi connectivity index (χ0v) is 11.5. The van der Waals surface area contributed by atoms with E-state index in [-0.39, 0.29) is 18.0 Å². The molecule has 1 heterocycles. The summed E-state index contributed by atoms with van der Waals surface area (Å²) < 4.78 is 1.89. The van der Waals surface area contributed by atoms with Crippen LogP contribution < -0.4 is 10.6 Å². The van der Waals surface area contributed by atoms with Crippen LogP contribution in [0, 0.1) is 0 Å². The minimum atomic E-state index is -0.142. The van der Waals surface area contributed by atoms with Gasteiger partial charge in [-0.15, -0.1) is 0 Å². The van der Waals surface area contributed by atoms with Crippen LogP contribution in [0.5, 0.6) is 0 Å². The summed E-state index contributed by atoms with van der Waals surface area (Å²) in [5, 5.41) is 10.3. The molecule has 2 N–H and O–H groups in total. The predicted molar refractivity (Wildman–Crippen MR) is 72.2 cm³/mol. The van der Waals surface area contributed by atoms with E-state index < -0.39 is 0 Å². The van der Waals surface area contributed by atoms with Gasteiger partial charge in [-0.1, -0.05) is 6.92 Å². The molecule has 0 aromatic carbocycles. The van der Waals surface area contributed by atoms with Crippen molar-refractivity contribution in [3.05, 3.63) is 18.5 Å². The van der Waals surface area contributed by atoms with E-state index in [1.807, 2.05) is 30.8 Å². The first-order valence-corrected chi connectivity index (χ1v) is 6.64. The molecule has 2 unspecified atom stereocenters. The van der Waals surface area contributed by atoms with Gasteiger partial charge >= 0.3 is 0 Å². The Morgan fingerprint density at radius 2 is 2.22 bits per heavy atom. The molecule has 0 aliphatic heterocycles. The Labute approximate surface area is 109 Å². The van der Waals surface area contributed by atoms with Crippen molar-refractivity contribution >= 4 is 5.91 Å². The molecule has 0 aliphatic rings. The molecule has 5 heteroatoms. The average molecular weight is 252 g/mol. The van der Waals surface area contributed by atoms with Gasteiger partial charge in [0.15, 0.2) is 0 Å². The van der Waals surface area contributed by atoms with Crippen LogP contribution >= 0.6 is 0 Å². The number of carbonyl (C=O) groups is 1. The lowest BCUT2D eigenvalue weighted by Crippen LogP contribution is -2.45. The average Bonchev–Trinajstić information content (AvgIpc) is 2.87. The second-order valence-electron chi connectivity index (χ2n) is 4.62. The highest BCUT2D eigenvalue weighted by Crippen LogP contribution is 1.92. The van der Waals surface area contributed by atoms with Crippen molar-refractivity contribution in [3.63, 3.8) is 0 Å². The van der Waals surface area contributed by atoms with Crippen LogP contribution in [-0.4, -0.2) is 34.3 Å². The van der Waals surface area contributed by atoms with Gasteiger partial charge in [-0.2, -0.15) is 5.10 Å². The lowest BCUT2D eigenvalue weighted by atomic mass is 10.2. The summed E-state index contributed by atoms with van der Waals surface area (Å²) in [5.74, 6) is 0.0726. The third-order valence-electron chi connectivity index (χ3n) is 2.97. The summed E-state index contributed by atoms with van der Waals surface area (Å²) >= 11 is 0. The predicted octanol–water partition coefficient (Wildman–Crippen LogP) is 1.17. The van der Waals surface area contributed by atoms with Gasteiger partial charge in [0, 0.05) is 25.0 Å². The van der Waals surface area contributed by atoms with Gasteiger partial charge < -0.3 is 10.6 Å². The summed E-state index contributed by atoms with van der Waals surface area (Å²) in [5.41, 5.74) is 0. The SMILES string of the molecule is CCC(C)NC(=O)C(C)NCCCn1cccn1. The molecule has 18 heavy (non-hydrogen) atoms. The molecule has 0 spiro atoms. The molecule has 0 fully saturated rings. The lowest BCUT2D eigenvalue weighted by molar-refractivity contribution is -0.123. The fraction of sp³-hybridized carbons (Fsp3) is 0.692. The van der Waals surface area contributed by atoms with Crippen LogP contribution in [0.3, 0.4) is 0 Å². The first-order chi connectivity index (χ1) is 8.63. The van der Waals surface area contributed by atoms with Crippen molar-refractivity contribution in [2.45, 2.75) is 52.2 Å². The van der Waals surface area contributed by atoms with Crippen molar-refractivity contribution in [1.82, 2.24) is 20.4 Å². The Bertz CT molecular complexity index is 337. The molecule has 0 radical (unpaired) electrons. The molecule has 2 atom stereocenters. The van der Waals surface area contributed by atoms with Crippen LogP contribution in [0.4, 0.5) is 0 Å². The van der Waals surface area contributed by atoms with Gasteiger partial charge in [0.2, 0.25) is 5.91 Å². The number of aryl methyl sites for hydroxylation is 1. The van der Waals surface area contributed by atoms with Crippen LogP contribution in [-0.2, 0) is 11.3 Å². The Kier molecular flexibility index (Phi) is 6.43. The van der Waals surface area contributed by atoms with Crippen LogP contribution in [0.1, 0.15) is 33.6 Å². The molecule has 102 valence electrons. The minimum absolute atomic E-state index is 0.0726. The molecule has 0 bridgehead atoms. The van der Waals surface area contributed by atoms with Crippen molar-refractivity contribution in [2.75, 3.05) is 6.54 Å². The van der Waals surface area contributed by atoms with Gasteiger partial charge in [-0.05, 0) is 39.3 Å². The normalized spacial score (nSPS) is 14.2. The second kappa shape index (κ2) is 7.87. The molecular formula is C13H24N4O. The molecule has 1 rings (SSSR count). The first-order valence-electron chi connectivity index (χ1n) is 6.64. The molecule has 5 nitrogen and oxygen atoms in total. The summed E-state index contributed by atoms with van der Waals surface area (Å²) in [7, 11) is 0. The number of nitrogens with zero attached hydrogens (tertiary/aromatic N) is 2. The zero-order chi connectivity index (χ0) is 13.4. The second-order valence-corrected chi connectivity index (χ2v) is 4.62. The minimum Gasteiger partial charge on any atom is -0.352 e. The van der Waals surface area contributed by atoms with Crippen LogP contribution in [0.2, 0.25) is 0 Å². The first kappa shape index (κ1) is 14.7. The quantitative estimate of drug-likeness (QED) is 0.683. The molecule has 1 amide bonds. The van der Waals surface area contributed by atoms with Gasteiger partial charge in [-0.25, -0.2) is 0 Å². The molecule has 0 aliphatic carbocycles. The monoisotopic (exact) mass is 252 g/mol. The van der Waals surface area contributed by atoms with E-state index in [1.54, 1.807) is 6.20 Å². The summed E-state index contributed by atoms with van der Waals surface area (Å²) in [4.78, 5) is 11.7. The third kappa shape index (κ3) is 5.31. The largest absolute Gasteiger partial charge is 0.352 e. The number of rotatable bonds is 8. The molecular weight excluding hydrogens is 228 g/mol. The topological polar surface area (TPSA) is 59.0 Å². The van der Waals surface area contributed by atoms with E-state index in [1.165, 1.54) is 0 Å². The Morgan fingerprint density at radius 3 is 2.83 bits per heavy atom. The van der Waals surface area contributed by atoms with E-state index in [0.29, 0.717) is 0 Å². The lowest BCUT2D eigenvalue weighted by Gasteiger charge is -2.17. The van der Waals surface area contributed by atoms with Crippen molar-refractivity contribution in [3.8, 4) is 0 Å². The number of hydrogen-bond acceptors (Lipinski definition) is 3. The maximum Gasteiger partial charge on any atom is 0.237 e. The van der Waals surface area contributed by atoms with Crippen molar-refractivity contribution in [2.24, 2.45) is 0 Å². The summed E-state index contributed by atoms with van der Waals surface area (Å²) in [6, 6.07) is 2.01. The zero-order valence-electron chi connectivity index (χ0n) is 11.5. The number of aromatic nitrogens is 2. The molecule has 1 aromatic heterocycles. The number of nitrogens with one attached hydrogen (secondary N) is 2. The van der Waals surface area contributed by atoms with Crippen LogP contribution in [0.25, 0.3) is 0 Å². The molecule has 1 aromatic rings. The highest BCUT2D eigenvalue weighted by atomic mass is 16.2. The highest BCUT2D eigenvalue weighted by molar-refractivity contribution is 5.81. The van der Waals surface area contributed by atoms with E-state index >= 15 is 0 Å².